The minimum Gasteiger partial charge on any atom is -0.478 e. The minimum atomic E-state index is -0.873. The van der Waals surface area contributed by atoms with Crippen LogP contribution in [0.2, 0.25) is 0 Å². The highest BCUT2D eigenvalue weighted by atomic mass is 16.4. The van der Waals surface area contributed by atoms with Crippen LogP contribution in [-0.2, 0) is 6.42 Å². The number of carbonyl (C=O) groups is 1. The summed E-state index contributed by atoms with van der Waals surface area (Å²) in [6, 6.07) is 23.3. The quantitative estimate of drug-likeness (QED) is 0.585. The Labute approximate surface area is 171 Å². The number of carboxylic acids is 1. The van der Waals surface area contributed by atoms with E-state index in [0.717, 1.165) is 17.7 Å². The van der Waals surface area contributed by atoms with Crippen molar-refractivity contribution < 1.29 is 9.90 Å². The maximum absolute atomic E-state index is 11.6. The lowest BCUT2D eigenvalue weighted by atomic mass is 9.75. The Balaban J connectivity index is 1.63. The predicted octanol–water partition coefficient (Wildman–Crippen LogP) is 5.98. The van der Waals surface area contributed by atoms with Crippen LogP contribution in [0.3, 0.4) is 0 Å². The number of nitrogens with one attached hydrogen (secondary N) is 1. The standard InChI is InChI=1S/C26H25NO2/c1-15(2)16-7-9-17(10-8-16)25-22-13-18-5-3-4-6-20(18)24(22)21-14-19(26(28)29)11-12-23(21)27-25/h3-12,14-15,22,24-25,27H,13H2,1-2H3,(H,28,29)/t22-,24-,25-/m0/s1. The summed E-state index contributed by atoms with van der Waals surface area (Å²) < 4.78 is 0. The topological polar surface area (TPSA) is 49.3 Å². The van der Waals surface area contributed by atoms with Crippen LogP contribution >= 0.6 is 0 Å². The molecule has 3 aromatic carbocycles. The van der Waals surface area contributed by atoms with Gasteiger partial charge in [-0.25, -0.2) is 4.79 Å². The lowest BCUT2D eigenvalue weighted by molar-refractivity contribution is 0.0696. The molecular weight excluding hydrogens is 358 g/mol. The highest BCUT2D eigenvalue weighted by molar-refractivity contribution is 5.89. The fourth-order valence-corrected chi connectivity index (χ4v) is 5.11. The molecule has 0 unspecified atom stereocenters. The molecule has 2 N–H and O–H groups in total. The van der Waals surface area contributed by atoms with Gasteiger partial charge in [0.25, 0.3) is 0 Å². The third-order valence-corrected chi connectivity index (χ3v) is 6.61. The molecule has 0 bridgehead atoms. The molecule has 5 rings (SSSR count). The molecule has 0 saturated carbocycles. The first-order valence-electron chi connectivity index (χ1n) is 10.3. The minimum absolute atomic E-state index is 0.205. The number of carboxylic acid groups (broad SMARTS) is 1. The molecule has 1 aliphatic carbocycles. The number of benzene rings is 3. The second-order valence-electron chi connectivity index (χ2n) is 8.60. The molecule has 1 heterocycles. The fourth-order valence-electron chi connectivity index (χ4n) is 5.11. The van der Waals surface area contributed by atoms with E-state index in [9.17, 15) is 9.90 Å². The van der Waals surface area contributed by atoms with Crippen LogP contribution < -0.4 is 5.32 Å². The molecular formula is C26H25NO2. The molecule has 3 aromatic rings. The SMILES string of the molecule is CC(C)c1ccc([C@@H]2Nc3ccc(C(=O)O)cc3[C@@H]3c4ccccc4C[C@@H]32)cc1. The zero-order valence-electron chi connectivity index (χ0n) is 16.7. The molecule has 3 nitrogen and oxygen atoms in total. The Kier molecular flexibility index (Phi) is 4.20. The summed E-state index contributed by atoms with van der Waals surface area (Å²) in [4.78, 5) is 11.6. The van der Waals surface area contributed by atoms with Crippen LogP contribution in [0.25, 0.3) is 0 Å². The van der Waals surface area contributed by atoms with Crippen molar-refractivity contribution in [3.63, 3.8) is 0 Å². The molecule has 29 heavy (non-hydrogen) atoms. The molecule has 0 fully saturated rings. The van der Waals surface area contributed by atoms with Crippen molar-refractivity contribution in [2.75, 3.05) is 5.32 Å². The first-order chi connectivity index (χ1) is 14.0. The average Bonchev–Trinajstić information content (AvgIpc) is 3.12. The van der Waals surface area contributed by atoms with E-state index in [0.29, 0.717) is 17.4 Å². The van der Waals surface area contributed by atoms with E-state index in [2.05, 4.69) is 67.7 Å². The van der Waals surface area contributed by atoms with Gasteiger partial charge in [0.15, 0.2) is 0 Å². The van der Waals surface area contributed by atoms with Crippen molar-refractivity contribution in [2.24, 2.45) is 5.92 Å². The van der Waals surface area contributed by atoms with Gasteiger partial charge in [-0.2, -0.15) is 0 Å². The number of anilines is 1. The van der Waals surface area contributed by atoms with E-state index in [1.165, 1.54) is 22.3 Å². The number of rotatable bonds is 3. The smallest absolute Gasteiger partial charge is 0.335 e. The molecule has 2 aliphatic rings. The van der Waals surface area contributed by atoms with Crippen molar-refractivity contribution >= 4 is 11.7 Å². The average molecular weight is 383 g/mol. The van der Waals surface area contributed by atoms with Gasteiger partial charge >= 0.3 is 5.97 Å². The van der Waals surface area contributed by atoms with Crippen molar-refractivity contribution in [3.05, 3.63) is 100 Å². The van der Waals surface area contributed by atoms with Crippen molar-refractivity contribution in [2.45, 2.75) is 38.1 Å². The molecule has 146 valence electrons. The van der Waals surface area contributed by atoms with Crippen LogP contribution in [0.5, 0.6) is 0 Å². The van der Waals surface area contributed by atoms with Crippen LogP contribution in [0.1, 0.15) is 69.9 Å². The zero-order valence-corrected chi connectivity index (χ0v) is 16.7. The van der Waals surface area contributed by atoms with Gasteiger partial charge in [0.1, 0.15) is 0 Å². The van der Waals surface area contributed by atoms with Gasteiger partial charge in [-0.3, -0.25) is 0 Å². The number of aromatic carboxylic acids is 1. The summed E-state index contributed by atoms with van der Waals surface area (Å²) in [5, 5.41) is 13.2. The highest BCUT2D eigenvalue weighted by Gasteiger charge is 2.43. The summed E-state index contributed by atoms with van der Waals surface area (Å²) in [7, 11) is 0. The van der Waals surface area contributed by atoms with Gasteiger partial charge in [-0.15, -0.1) is 0 Å². The second-order valence-corrected chi connectivity index (χ2v) is 8.60. The molecule has 0 spiro atoms. The predicted molar refractivity (Wildman–Crippen MR) is 116 cm³/mol. The Morgan fingerprint density at radius 3 is 2.48 bits per heavy atom. The van der Waals surface area contributed by atoms with Crippen LogP contribution in [0.4, 0.5) is 5.69 Å². The lowest BCUT2D eigenvalue weighted by Gasteiger charge is -2.38. The third kappa shape index (κ3) is 2.93. The highest BCUT2D eigenvalue weighted by Crippen LogP contribution is 2.53. The van der Waals surface area contributed by atoms with Gasteiger partial charge in [0.2, 0.25) is 0 Å². The lowest BCUT2D eigenvalue weighted by Crippen LogP contribution is -2.30. The van der Waals surface area contributed by atoms with E-state index in [-0.39, 0.29) is 12.0 Å². The van der Waals surface area contributed by atoms with E-state index < -0.39 is 5.97 Å². The van der Waals surface area contributed by atoms with Crippen molar-refractivity contribution in [1.82, 2.24) is 0 Å². The summed E-state index contributed by atoms with van der Waals surface area (Å²) in [6.45, 7) is 4.43. The summed E-state index contributed by atoms with van der Waals surface area (Å²) in [5.41, 5.74) is 7.87. The van der Waals surface area contributed by atoms with Crippen molar-refractivity contribution in [1.29, 1.82) is 0 Å². The van der Waals surface area contributed by atoms with Crippen LogP contribution in [0, 0.1) is 5.92 Å². The Bertz CT molecular complexity index is 1080. The van der Waals surface area contributed by atoms with Crippen LogP contribution in [0.15, 0.2) is 66.7 Å². The first-order valence-corrected chi connectivity index (χ1v) is 10.3. The number of hydrogen-bond donors (Lipinski definition) is 2. The van der Waals surface area contributed by atoms with E-state index >= 15 is 0 Å². The monoisotopic (exact) mass is 383 g/mol. The maximum atomic E-state index is 11.6. The largest absolute Gasteiger partial charge is 0.478 e. The van der Waals surface area contributed by atoms with Gasteiger partial charge in [-0.05, 0) is 64.3 Å². The molecule has 0 aromatic heterocycles. The fraction of sp³-hybridized carbons (Fsp3) is 0.269. The van der Waals surface area contributed by atoms with E-state index in [4.69, 9.17) is 0 Å². The molecule has 0 amide bonds. The summed E-state index contributed by atoms with van der Waals surface area (Å²) in [5.74, 6) is 0.231. The molecule has 0 radical (unpaired) electrons. The number of hydrogen-bond acceptors (Lipinski definition) is 2. The van der Waals surface area contributed by atoms with Gasteiger partial charge in [0.05, 0.1) is 11.6 Å². The maximum Gasteiger partial charge on any atom is 0.335 e. The van der Waals surface area contributed by atoms with Crippen LogP contribution in [-0.4, -0.2) is 11.1 Å². The molecule has 1 aliphatic heterocycles. The van der Waals surface area contributed by atoms with E-state index in [1.54, 1.807) is 6.07 Å². The van der Waals surface area contributed by atoms with Crippen molar-refractivity contribution in [3.8, 4) is 0 Å². The molecule has 3 atom stereocenters. The normalized spacial score (nSPS) is 21.8. The summed E-state index contributed by atoms with van der Waals surface area (Å²) >= 11 is 0. The Morgan fingerprint density at radius 2 is 1.76 bits per heavy atom. The second kappa shape index (κ2) is 6.77. The number of fused-ring (bicyclic) bond motifs is 5. The Morgan fingerprint density at radius 1 is 1.00 bits per heavy atom. The first kappa shape index (κ1) is 18.0. The van der Waals surface area contributed by atoms with Gasteiger partial charge in [0, 0.05) is 11.6 Å². The Hall–Kier alpha value is -3.07. The van der Waals surface area contributed by atoms with Gasteiger partial charge in [-0.1, -0.05) is 62.4 Å². The summed E-state index contributed by atoms with van der Waals surface area (Å²) in [6.07, 6.45) is 1.00. The van der Waals surface area contributed by atoms with Gasteiger partial charge < -0.3 is 10.4 Å². The molecule has 3 heteroatoms. The molecule has 0 saturated heterocycles. The zero-order chi connectivity index (χ0) is 20.1. The van der Waals surface area contributed by atoms with E-state index in [1.807, 2.05) is 12.1 Å². The third-order valence-electron chi connectivity index (χ3n) is 6.61.